The van der Waals surface area contributed by atoms with Crippen LogP contribution in [0.3, 0.4) is 0 Å². The SMILES string of the molecule is NC(=O)[C@H](Cc1cccc(Cl)c1)NC(=O)C[C@@H]1NC(=O)[C@H](Cc2ccccc2)NC1=O. The van der Waals surface area contributed by atoms with Gasteiger partial charge in [-0.2, -0.15) is 0 Å². The van der Waals surface area contributed by atoms with E-state index in [4.69, 9.17) is 17.3 Å². The van der Waals surface area contributed by atoms with Gasteiger partial charge in [-0.15, -0.1) is 0 Å². The summed E-state index contributed by atoms with van der Waals surface area (Å²) in [6.07, 6.45) is 0.194. The van der Waals surface area contributed by atoms with E-state index in [0.717, 1.165) is 11.1 Å². The number of rotatable bonds is 8. The monoisotopic (exact) mass is 442 g/mol. The molecule has 5 N–H and O–H groups in total. The predicted molar refractivity (Wildman–Crippen MR) is 115 cm³/mol. The van der Waals surface area contributed by atoms with Gasteiger partial charge in [0.05, 0.1) is 6.42 Å². The van der Waals surface area contributed by atoms with E-state index in [1.165, 1.54) is 0 Å². The molecule has 0 radical (unpaired) electrons. The second-order valence-corrected chi connectivity index (χ2v) is 7.81. The molecule has 1 saturated heterocycles. The van der Waals surface area contributed by atoms with Crippen LogP contribution in [0.15, 0.2) is 54.6 Å². The summed E-state index contributed by atoms with van der Waals surface area (Å²) in [6, 6.07) is 13.4. The lowest BCUT2D eigenvalue weighted by molar-refractivity contribution is -0.138. The molecule has 1 heterocycles. The minimum Gasteiger partial charge on any atom is -0.368 e. The van der Waals surface area contributed by atoms with Crippen LogP contribution in [0.5, 0.6) is 0 Å². The molecule has 3 atom stereocenters. The molecule has 8 nitrogen and oxygen atoms in total. The number of amides is 4. The average molecular weight is 443 g/mol. The fraction of sp³-hybridized carbons (Fsp3) is 0.273. The number of nitrogens with two attached hydrogens (primary N) is 1. The first-order valence-electron chi connectivity index (χ1n) is 9.79. The normalized spacial score (nSPS) is 19.1. The van der Waals surface area contributed by atoms with Gasteiger partial charge in [-0.3, -0.25) is 19.2 Å². The van der Waals surface area contributed by atoms with Crippen molar-refractivity contribution < 1.29 is 19.2 Å². The molecular formula is C22H23ClN4O4. The fourth-order valence-corrected chi connectivity index (χ4v) is 3.59. The van der Waals surface area contributed by atoms with E-state index >= 15 is 0 Å². The summed E-state index contributed by atoms with van der Waals surface area (Å²) in [7, 11) is 0. The lowest BCUT2D eigenvalue weighted by atomic mass is 10.0. The highest BCUT2D eigenvalue weighted by molar-refractivity contribution is 6.30. The van der Waals surface area contributed by atoms with Gasteiger partial charge in [0.2, 0.25) is 23.6 Å². The Hall–Kier alpha value is -3.39. The molecular weight excluding hydrogens is 420 g/mol. The summed E-state index contributed by atoms with van der Waals surface area (Å²) in [5.41, 5.74) is 7.04. The van der Waals surface area contributed by atoms with Crippen LogP contribution >= 0.6 is 11.6 Å². The van der Waals surface area contributed by atoms with E-state index in [1.54, 1.807) is 24.3 Å². The zero-order chi connectivity index (χ0) is 22.4. The molecule has 0 spiro atoms. The van der Waals surface area contributed by atoms with Crippen molar-refractivity contribution >= 4 is 35.2 Å². The minimum absolute atomic E-state index is 0.157. The van der Waals surface area contributed by atoms with E-state index in [1.807, 2.05) is 30.3 Å². The van der Waals surface area contributed by atoms with E-state index in [0.29, 0.717) is 11.4 Å². The molecule has 0 unspecified atom stereocenters. The van der Waals surface area contributed by atoms with E-state index in [-0.39, 0.29) is 18.7 Å². The number of carbonyl (C=O) groups is 4. The first-order valence-corrected chi connectivity index (χ1v) is 10.2. The molecule has 1 aliphatic heterocycles. The van der Waals surface area contributed by atoms with Crippen LogP contribution in [0.2, 0.25) is 5.02 Å². The van der Waals surface area contributed by atoms with Crippen LogP contribution in [0.25, 0.3) is 0 Å². The predicted octanol–water partition coefficient (Wildman–Crippen LogP) is 0.469. The molecule has 0 saturated carbocycles. The zero-order valence-corrected chi connectivity index (χ0v) is 17.4. The van der Waals surface area contributed by atoms with Gasteiger partial charge in [-0.1, -0.05) is 54.1 Å². The largest absolute Gasteiger partial charge is 0.368 e. The third kappa shape index (κ3) is 6.29. The summed E-state index contributed by atoms with van der Waals surface area (Å²) in [6.45, 7) is 0. The Labute approximate surface area is 184 Å². The van der Waals surface area contributed by atoms with Gasteiger partial charge in [0.1, 0.15) is 18.1 Å². The summed E-state index contributed by atoms with van der Waals surface area (Å²) in [4.78, 5) is 49.0. The Morgan fingerprint density at radius 1 is 0.968 bits per heavy atom. The molecule has 0 aliphatic carbocycles. The molecule has 2 aromatic rings. The van der Waals surface area contributed by atoms with Gasteiger partial charge < -0.3 is 21.7 Å². The Morgan fingerprint density at radius 2 is 1.61 bits per heavy atom. The summed E-state index contributed by atoms with van der Waals surface area (Å²) >= 11 is 5.95. The molecule has 1 aliphatic rings. The number of nitrogens with one attached hydrogen (secondary N) is 3. The van der Waals surface area contributed by atoms with Crippen molar-refractivity contribution in [2.75, 3.05) is 0 Å². The second-order valence-electron chi connectivity index (χ2n) is 7.37. The van der Waals surface area contributed by atoms with Crippen LogP contribution in [0.1, 0.15) is 17.5 Å². The molecule has 0 bridgehead atoms. The van der Waals surface area contributed by atoms with Crippen molar-refractivity contribution in [1.82, 2.24) is 16.0 Å². The third-order valence-corrected chi connectivity index (χ3v) is 5.18. The Bertz CT molecular complexity index is 982. The van der Waals surface area contributed by atoms with Crippen LogP contribution < -0.4 is 21.7 Å². The summed E-state index contributed by atoms with van der Waals surface area (Å²) < 4.78 is 0. The lowest BCUT2D eigenvalue weighted by Crippen LogP contribution is -2.63. The number of carbonyl (C=O) groups excluding carboxylic acids is 4. The number of halogens is 1. The maximum absolute atomic E-state index is 12.4. The van der Waals surface area contributed by atoms with Gasteiger partial charge in [-0.25, -0.2) is 0 Å². The number of piperazine rings is 1. The molecule has 31 heavy (non-hydrogen) atoms. The fourth-order valence-electron chi connectivity index (χ4n) is 3.37. The maximum Gasteiger partial charge on any atom is 0.243 e. The highest BCUT2D eigenvalue weighted by Crippen LogP contribution is 2.13. The first kappa shape index (κ1) is 22.3. The average Bonchev–Trinajstić information content (AvgIpc) is 2.72. The van der Waals surface area contributed by atoms with E-state index in [9.17, 15) is 19.2 Å². The van der Waals surface area contributed by atoms with Crippen molar-refractivity contribution in [2.24, 2.45) is 5.73 Å². The topological polar surface area (TPSA) is 130 Å². The van der Waals surface area contributed by atoms with Gasteiger partial charge in [0.15, 0.2) is 0 Å². The molecule has 9 heteroatoms. The van der Waals surface area contributed by atoms with Crippen LogP contribution in [0.4, 0.5) is 0 Å². The molecule has 0 aromatic heterocycles. The van der Waals surface area contributed by atoms with Crippen molar-refractivity contribution in [3.05, 3.63) is 70.7 Å². The minimum atomic E-state index is -1.03. The molecule has 4 amide bonds. The van der Waals surface area contributed by atoms with Crippen molar-refractivity contribution in [3.8, 4) is 0 Å². The van der Waals surface area contributed by atoms with Crippen LogP contribution in [-0.2, 0) is 32.0 Å². The Kier molecular flexibility index (Phi) is 7.25. The van der Waals surface area contributed by atoms with Gasteiger partial charge in [0.25, 0.3) is 0 Å². The summed E-state index contributed by atoms with van der Waals surface area (Å²) in [5, 5.41) is 8.27. The van der Waals surface area contributed by atoms with Crippen LogP contribution in [-0.4, -0.2) is 41.8 Å². The first-order chi connectivity index (χ1) is 14.8. The lowest BCUT2D eigenvalue weighted by Gasteiger charge is -2.29. The smallest absolute Gasteiger partial charge is 0.243 e. The van der Waals surface area contributed by atoms with Crippen molar-refractivity contribution in [3.63, 3.8) is 0 Å². The number of benzene rings is 2. The van der Waals surface area contributed by atoms with Gasteiger partial charge in [0, 0.05) is 17.9 Å². The van der Waals surface area contributed by atoms with E-state index < -0.39 is 35.8 Å². The Morgan fingerprint density at radius 3 is 2.29 bits per heavy atom. The highest BCUT2D eigenvalue weighted by Gasteiger charge is 2.35. The number of hydrogen-bond donors (Lipinski definition) is 4. The zero-order valence-electron chi connectivity index (χ0n) is 16.6. The quantitative estimate of drug-likeness (QED) is 0.473. The summed E-state index contributed by atoms with van der Waals surface area (Å²) in [5.74, 6) is -2.12. The molecule has 3 rings (SSSR count). The Balaban J connectivity index is 1.56. The highest BCUT2D eigenvalue weighted by atomic mass is 35.5. The van der Waals surface area contributed by atoms with Gasteiger partial charge >= 0.3 is 0 Å². The number of primary amides is 1. The van der Waals surface area contributed by atoms with Crippen LogP contribution in [0, 0.1) is 0 Å². The maximum atomic E-state index is 12.4. The standard InChI is InChI=1S/C22H23ClN4O4/c23-15-8-4-7-14(9-15)11-16(20(24)29)25-19(28)12-18-22(31)26-17(21(30)27-18)10-13-5-2-1-3-6-13/h1-9,16-18H,10-12H2,(H2,24,29)(H,25,28)(H,26,31)(H,27,30)/t16-,17-,18-/m0/s1. The molecule has 162 valence electrons. The molecule has 1 fully saturated rings. The third-order valence-electron chi connectivity index (χ3n) is 4.95. The van der Waals surface area contributed by atoms with E-state index in [2.05, 4.69) is 16.0 Å². The number of hydrogen-bond acceptors (Lipinski definition) is 4. The second kappa shape index (κ2) is 10.1. The van der Waals surface area contributed by atoms with Crippen molar-refractivity contribution in [1.29, 1.82) is 0 Å². The van der Waals surface area contributed by atoms with Crippen molar-refractivity contribution in [2.45, 2.75) is 37.4 Å². The van der Waals surface area contributed by atoms with Gasteiger partial charge in [-0.05, 0) is 23.3 Å². The molecule has 2 aromatic carbocycles.